The molecule has 1 aromatic carbocycles. The van der Waals surface area contributed by atoms with Crippen molar-refractivity contribution in [1.29, 1.82) is 0 Å². The summed E-state index contributed by atoms with van der Waals surface area (Å²) >= 11 is 1.71. The molecule has 22 heavy (non-hydrogen) atoms. The second-order valence-corrected chi connectivity index (χ2v) is 7.48. The quantitative estimate of drug-likeness (QED) is 0.834. The summed E-state index contributed by atoms with van der Waals surface area (Å²) < 4.78 is 5.45. The van der Waals surface area contributed by atoms with Gasteiger partial charge in [-0.15, -0.1) is 11.8 Å². The van der Waals surface area contributed by atoms with Gasteiger partial charge in [-0.1, -0.05) is 26.0 Å². The van der Waals surface area contributed by atoms with E-state index in [-0.39, 0.29) is 11.9 Å². The normalized spacial score (nSPS) is 18.7. The van der Waals surface area contributed by atoms with Gasteiger partial charge in [-0.25, -0.2) is 0 Å². The highest BCUT2D eigenvalue weighted by Crippen LogP contribution is 2.29. The maximum absolute atomic E-state index is 12.3. The van der Waals surface area contributed by atoms with E-state index in [4.69, 9.17) is 4.74 Å². The summed E-state index contributed by atoms with van der Waals surface area (Å²) in [5.41, 5.74) is 1.11. The Balaban J connectivity index is 1.99. The van der Waals surface area contributed by atoms with Crippen molar-refractivity contribution in [2.24, 2.45) is 0 Å². The first-order valence-electron chi connectivity index (χ1n) is 7.82. The fourth-order valence-corrected chi connectivity index (χ4v) is 3.40. The smallest absolute Gasteiger partial charge is 0.232 e. The zero-order valence-electron chi connectivity index (χ0n) is 13.9. The Kier molecular flexibility index (Phi) is 6.00. The maximum atomic E-state index is 12.3. The molecule has 4 nitrogen and oxygen atoms in total. The van der Waals surface area contributed by atoms with Crippen molar-refractivity contribution in [2.45, 2.75) is 32.1 Å². The number of anilines is 1. The van der Waals surface area contributed by atoms with Crippen LogP contribution < -0.4 is 9.64 Å². The van der Waals surface area contributed by atoms with Crippen molar-refractivity contribution >= 4 is 23.4 Å². The topological polar surface area (TPSA) is 32.8 Å². The Morgan fingerprint density at radius 3 is 2.73 bits per heavy atom. The molecular formula is C17H26N2O2S. The Labute approximate surface area is 137 Å². The number of thioether (sulfide) groups is 1. The summed E-state index contributed by atoms with van der Waals surface area (Å²) in [6.45, 7) is 8.85. The van der Waals surface area contributed by atoms with Crippen LogP contribution in [0.2, 0.25) is 0 Å². The van der Waals surface area contributed by atoms with E-state index in [1.807, 2.05) is 23.1 Å². The lowest BCUT2D eigenvalue weighted by atomic mass is 10.1. The minimum atomic E-state index is 0.221. The Morgan fingerprint density at radius 2 is 2.09 bits per heavy atom. The Bertz CT molecular complexity index is 507. The van der Waals surface area contributed by atoms with Gasteiger partial charge < -0.3 is 14.5 Å². The third-order valence-corrected chi connectivity index (χ3v) is 4.99. The van der Waals surface area contributed by atoms with Gasteiger partial charge in [0.25, 0.3) is 0 Å². The number of para-hydroxylation sites is 2. The second-order valence-electron chi connectivity index (χ2n) is 5.91. The third-order valence-electron chi connectivity index (χ3n) is 3.91. The van der Waals surface area contributed by atoms with Crippen molar-refractivity contribution < 1.29 is 9.53 Å². The van der Waals surface area contributed by atoms with Gasteiger partial charge in [0, 0.05) is 25.7 Å². The molecule has 1 aliphatic heterocycles. The van der Waals surface area contributed by atoms with Crippen molar-refractivity contribution in [1.82, 2.24) is 4.90 Å². The molecular weight excluding hydrogens is 296 g/mol. The first-order chi connectivity index (χ1) is 10.5. The van der Waals surface area contributed by atoms with Crippen LogP contribution in [0.4, 0.5) is 5.69 Å². The summed E-state index contributed by atoms with van der Waals surface area (Å²) in [6, 6.07) is 8.29. The number of hydrogen-bond acceptors (Lipinski definition) is 4. The van der Waals surface area contributed by atoms with E-state index < -0.39 is 0 Å². The molecule has 1 heterocycles. The van der Waals surface area contributed by atoms with E-state index in [2.05, 4.69) is 31.7 Å². The van der Waals surface area contributed by atoms with Crippen LogP contribution in [0.15, 0.2) is 24.3 Å². The Morgan fingerprint density at radius 1 is 1.36 bits per heavy atom. The number of carbonyl (C=O) groups is 1. The van der Waals surface area contributed by atoms with E-state index >= 15 is 0 Å². The average Bonchev–Trinajstić information content (AvgIpc) is 2.52. The first-order valence-corrected chi connectivity index (χ1v) is 8.86. The van der Waals surface area contributed by atoms with Gasteiger partial charge in [0.05, 0.1) is 18.6 Å². The zero-order chi connectivity index (χ0) is 16.1. The molecule has 0 bridgehead atoms. The molecule has 0 aliphatic carbocycles. The van der Waals surface area contributed by atoms with Crippen molar-refractivity contribution in [3.63, 3.8) is 0 Å². The third kappa shape index (κ3) is 4.09. The van der Waals surface area contributed by atoms with Crippen LogP contribution in [0.3, 0.4) is 0 Å². The number of rotatable bonds is 5. The number of nitrogens with zero attached hydrogens (tertiary/aromatic N) is 2. The van der Waals surface area contributed by atoms with Crippen LogP contribution in [0.5, 0.6) is 5.75 Å². The van der Waals surface area contributed by atoms with Gasteiger partial charge in [0.2, 0.25) is 5.91 Å². The number of ether oxygens (including phenoxy) is 1. The summed E-state index contributed by atoms with van der Waals surface area (Å²) in [7, 11) is 1.70. The molecule has 0 saturated carbocycles. The van der Waals surface area contributed by atoms with Crippen molar-refractivity contribution in [2.75, 3.05) is 37.4 Å². The van der Waals surface area contributed by atoms with Crippen molar-refractivity contribution in [3.05, 3.63) is 24.3 Å². The maximum Gasteiger partial charge on any atom is 0.232 e. The number of benzene rings is 1. The largest absolute Gasteiger partial charge is 0.495 e. The summed E-state index contributed by atoms with van der Waals surface area (Å²) in [5.74, 6) is 1.73. The predicted molar refractivity (Wildman–Crippen MR) is 94.0 cm³/mol. The predicted octanol–water partition coefficient (Wildman–Crippen LogP) is 2.87. The zero-order valence-corrected chi connectivity index (χ0v) is 14.7. The number of carbonyl (C=O) groups excluding carboxylic acids is 1. The van der Waals surface area contributed by atoms with Crippen molar-refractivity contribution in [3.8, 4) is 5.75 Å². The van der Waals surface area contributed by atoms with Crippen LogP contribution in [0.25, 0.3) is 0 Å². The van der Waals surface area contributed by atoms with E-state index in [0.29, 0.717) is 11.0 Å². The SMILES string of the molecule is COc1ccccc1N1CCN(C(=O)CSC(C)C)[C@H](C)C1. The standard InChI is InChI=1S/C17H26N2O2S/c1-13(2)22-12-17(20)19-10-9-18(11-14(19)3)15-7-5-6-8-16(15)21-4/h5-8,13-14H,9-12H2,1-4H3/t14-/m1/s1. The van der Waals surface area contributed by atoms with Crippen LogP contribution in [0.1, 0.15) is 20.8 Å². The van der Waals surface area contributed by atoms with Gasteiger partial charge in [0.15, 0.2) is 0 Å². The van der Waals surface area contributed by atoms with E-state index in [0.717, 1.165) is 31.1 Å². The molecule has 0 unspecified atom stereocenters. The molecule has 1 aliphatic rings. The molecule has 1 amide bonds. The molecule has 2 rings (SSSR count). The lowest BCUT2D eigenvalue weighted by Gasteiger charge is -2.41. The monoisotopic (exact) mass is 322 g/mol. The second kappa shape index (κ2) is 7.77. The molecule has 122 valence electrons. The van der Waals surface area contributed by atoms with Gasteiger partial charge >= 0.3 is 0 Å². The molecule has 5 heteroatoms. The van der Waals surface area contributed by atoms with Gasteiger partial charge in [-0.05, 0) is 24.3 Å². The first kappa shape index (κ1) is 17.0. The Hall–Kier alpha value is -1.36. The molecule has 0 radical (unpaired) electrons. The highest BCUT2D eigenvalue weighted by atomic mass is 32.2. The molecule has 1 saturated heterocycles. The molecule has 0 N–H and O–H groups in total. The van der Waals surface area contributed by atoms with Crippen LogP contribution >= 0.6 is 11.8 Å². The summed E-state index contributed by atoms with van der Waals surface area (Å²) in [6.07, 6.45) is 0. The number of methoxy groups -OCH3 is 1. The summed E-state index contributed by atoms with van der Waals surface area (Å²) in [4.78, 5) is 16.7. The van der Waals surface area contributed by atoms with Crippen LogP contribution in [-0.2, 0) is 4.79 Å². The van der Waals surface area contributed by atoms with E-state index in [9.17, 15) is 4.79 Å². The molecule has 1 fully saturated rings. The number of amides is 1. The van der Waals surface area contributed by atoms with Crippen LogP contribution in [-0.4, -0.2) is 54.6 Å². The van der Waals surface area contributed by atoms with E-state index in [1.165, 1.54) is 0 Å². The van der Waals surface area contributed by atoms with Gasteiger partial charge in [-0.3, -0.25) is 4.79 Å². The number of hydrogen-bond donors (Lipinski definition) is 0. The minimum Gasteiger partial charge on any atom is -0.495 e. The molecule has 0 spiro atoms. The molecule has 1 atom stereocenters. The van der Waals surface area contributed by atoms with Gasteiger partial charge in [0.1, 0.15) is 5.75 Å². The van der Waals surface area contributed by atoms with E-state index in [1.54, 1.807) is 18.9 Å². The van der Waals surface area contributed by atoms with Crippen LogP contribution in [0, 0.1) is 0 Å². The highest BCUT2D eigenvalue weighted by molar-refractivity contribution is 8.00. The molecule has 0 aromatic heterocycles. The minimum absolute atomic E-state index is 0.221. The summed E-state index contributed by atoms with van der Waals surface area (Å²) in [5, 5.41) is 0.495. The fourth-order valence-electron chi connectivity index (χ4n) is 2.76. The molecule has 1 aromatic rings. The lowest BCUT2D eigenvalue weighted by molar-refractivity contribution is -0.130. The lowest BCUT2D eigenvalue weighted by Crippen LogP contribution is -2.54. The van der Waals surface area contributed by atoms with Gasteiger partial charge in [-0.2, -0.15) is 0 Å². The average molecular weight is 322 g/mol. The highest BCUT2D eigenvalue weighted by Gasteiger charge is 2.28. The number of piperazine rings is 1. The fraction of sp³-hybridized carbons (Fsp3) is 0.588.